The average Bonchev–Trinajstić information content (AvgIpc) is 2.15. The molecule has 0 bridgehead atoms. The molecule has 0 aliphatic rings. The molecule has 1 aromatic rings. The fraction of sp³-hybridized carbons (Fsp3) is 0.400. The minimum absolute atomic E-state index is 0.0680. The number of benzene rings is 1. The number of nitrogens with two attached hydrogens (primary N) is 1. The second-order valence-electron chi connectivity index (χ2n) is 3.71. The van der Waals surface area contributed by atoms with Gasteiger partial charge >= 0.3 is 0 Å². The highest BCUT2D eigenvalue weighted by Gasteiger charge is 2.10. The van der Waals surface area contributed by atoms with E-state index in [1.807, 2.05) is 6.92 Å². The van der Waals surface area contributed by atoms with Gasteiger partial charge in [0.05, 0.1) is 5.75 Å². The van der Waals surface area contributed by atoms with Crippen LogP contribution in [-0.4, -0.2) is 20.7 Å². The lowest BCUT2D eigenvalue weighted by Crippen LogP contribution is -2.29. The van der Waals surface area contributed by atoms with Crippen LogP contribution in [0.4, 0.5) is 0 Å². The van der Waals surface area contributed by atoms with E-state index < -0.39 is 10.0 Å². The van der Waals surface area contributed by atoms with Gasteiger partial charge in [-0.05, 0) is 24.6 Å². The highest BCUT2D eigenvalue weighted by atomic mass is 35.5. The summed E-state index contributed by atoms with van der Waals surface area (Å²) in [5.41, 5.74) is 0.866. The quantitative estimate of drug-likeness (QED) is 0.872. The highest BCUT2D eigenvalue weighted by molar-refractivity contribution is 7.89. The fourth-order valence-corrected chi connectivity index (χ4v) is 2.35. The summed E-state index contributed by atoms with van der Waals surface area (Å²) in [5.74, 6) is -0.109. The van der Waals surface area contributed by atoms with Gasteiger partial charge in [0, 0.05) is 22.6 Å². The van der Waals surface area contributed by atoms with Crippen molar-refractivity contribution in [2.45, 2.75) is 13.0 Å². The van der Waals surface area contributed by atoms with Crippen LogP contribution in [0, 0.1) is 0 Å². The SMILES string of the molecule is CC(NCCS(N)(=O)=O)c1ccc(Cl)cc1Cl. The Morgan fingerprint density at radius 2 is 2.06 bits per heavy atom. The molecule has 0 aromatic heterocycles. The van der Waals surface area contributed by atoms with Crippen LogP contribution in [-0.2, 0) is 10.0 Å². The Morgan fingerprint density at radius 3 is 2.59 bits per heavy atom. The van der Waals surface area contributed by atoms with Crippen LogP contribution < -0.4 is 10.5 Å². The van der Waals surface area contributed by atoms with Crippen molar-refractivity contribution in [3.8, 4) is 0 Å². The molecule has 0 spiro atoms. The topological polar surface area (TPSA) is 72.2 Å². The number of rotatable bonds is 5. The molecule has 1 rings (SSSR count). The number of primary sulfonamides is 1. The van der Waals surface area contributed by atoms with E-state index in [0.29, 0.717) is 10.0 Å². The Morgan fingerprint density at radius 1 is 1.41 bits per heavy atom. The molecule has 3 N–H and O–H groups in total. The van der Waals surface area contributed by atoms with Gasteiger partial charge in [0.1, 0.15) is 0 Å². The smallest absolute Gasteiger partial charge is 0.210 e. The molecule has 1 atom stereocenters. The molecule has 17 heavy (non-hydrogen) atoms. The number of hydrogen-bond acceptors (Lipinski definition) is 3. The van der Waals surface area contributed by atoms with Gasteiger partial charge in [0.2, 0.25) is 10.0 Å². The second kappa shape index (κ2) is 6.02. The Hall–Kier alpha value is -0.330. The third-order valence-electron chi connectivity index (χ3n) is 2.27. The van der Waals surface area contributed by atoms with Crippen molar-refractivity contribution in [3.05, 3.63) is 33.8 Å². The van der Waals surface area contributed by atoms with Crippen molar-refractivity contribution < 1.29 is 8.42 Å². The lowest BCUT2D eigenvalue weighted by Gasteiger charge is -2.15. The van der Waals surface area contributed by atoms with Crippen molar-refractivity contribution in [2.75, 3.05) is 12.3 Å². The molecular formula is C10H14Cl2N2O2S. The highest BCUT2D eigenvalue weighted by Crippen LogP contribution is 2.25. The first-order valence-corrected chi connectivity index (χ1v) is 7.45. The van der Waals surface area contributed by atoms with Gasteiger partial charge in [-0.2, -0.15) is 0 Å². The second-order valence-corrected chi connectivity index (χ2v) is 6.29. The number of nitrogens with one attached hydrogen (secondary N) is 1. The molecule has 0 radical (unpaired) electrons. The first-order valence-electron chi connectivity index (χ1n) is 4.98. The van der Waals surface area contributed by atoms with Gasteiger partial charge in [-0.15, -0.1) is 0 Å². The summed E-state index contributed by atoms with van der Waals surface area (Å²) in [5, 5.41) is 9.04. The Kier molecular flexibility index (Phi) is 5.22. The van der Waals surface area contributed by atoms with Gasteiger partial charge in [-0.25, -0.2) is 13.6 Å². The first kappa shape index (κ1) is 14.7. The molecule has 0 fully saturated rings. The standard InChI is InChI=1S/C10H14Cl2N2O2S/c1-7(14-4-5-17(13,15)16)9-3-2-8(11)6-10(9)12/h2-3,6-7,14H,4-5H2,1H3,(H2,13,15,16). The van der Waals surface area contributed by atoms with Crippen LogP contribution in [0.15, 0.2) is 18.2 Å². The van der Waals surface area contributed by atoms with E-state index in [1.54, 1.807) is 18.2 Å². The molecule has 96 valence electrons. The maximum atomic E-state index is 10.8. The molecule has 4 nitrogen and oxygen atoms in total. The molecule has 1 unspecified atom stereocenters. The summed E-state index contributed by atoms with van der Waals surface area (Å²) in [6.07, 6.45) is 0. The van der Waals surface area contributed by atoms with E-state index in [-0.39, 0.29) is 18.3 Å². The van der Waals surface area contributed by atoms with E-state index in [0.717, 1.165) is 5.56 Å². The van der Waals surface area contributed by atoms with Gasteiger partial charge in [0.15, 0.2) is 0 Å². The molecule has 7 heteroatoms. The number of halogens is 2. The number of hydrogen-bond donors (Lipinski definition) is 2. The molecule has 0 amide bonds. The van der Waals surface area contributed by atoms with E-state index in [9.17, 15) is 8.42 Å². The zero-order chi connectivity index (χ0) is 13.1. The molecule has 0 saturated heterocycles. The van der Waals surface area contributed by atoms with Crippen molar-refractivity contribution in [1.82, 2.24) is 5.32 Å². The molecule has 1 aromatic carbocycles. The van der Waals surface area contributed by atoms with Crippen LogP contribution in [0.1, 0.15) is 18.5 Å². The van der Waals surface area contributed by atoms with Crippen molar-refractivity contribution in [1.29, 1.82) is 0 Å². The summed E-state index contributed by atoms with van der Waals surface area (Å²) < 4.78 is 21.5. The molecule has 0 heterocycles. The van der Waals surface area contributed by atoms with E-state index in [2.05, 4.69) is 5.32 Å². The van der Waals surface area contributed by atoms with Crippen molar-refractivity contribution in [3.63, 3.8) is 0 Å². The molecule has 0 aliphatic carbocycles. The molecule has 0 saturated carbocycles. The van der Waals surface area contributed by atoms with E-state index >= 15 is 0 Å². The fourth-order valence-electron chi connectivity index (χ4n) is 1.38. The van der Waals surface area contributed by atoms with Crippen LogP contribution in [0.3, 0.4) is 0 Å². The van der Waals surface area contributed by atoms with Crippen LogP contribution in [0.2, 0.25) is 10.0 Å². The zero-order valence-electron chi connectivity index (χ0n) is 9.28. The van der Waals surface area contributed by atoms with Crippen LogP contribution in [0.5, 0.6) is 0 Å². The summed E-state index contributed by atoms with van der Waals surface area (Å²) in [6.45, 7) is 2.16. The lowest BCUT2D eigenvalue weighted by atomic mass is 10.1. The van der Waals surface area contributed by atoms with Gasteiger partial charge in [-0.1, -0.05) is 29.3 Å². The van der Waals surface area contributed by atoms with Gasteiger partial charge < -0.3 is 5.32 Å². The lowest BCUT2D eigenvalue weighted by molar-refractivity contribution is 0.573. The monoisotopic (exact) mass is 296 g/mol. The molecular weight excluding hydrogens is 283 g/mol. The summed E-state index contributed by atoms with van der Waals surface area (Å²) >= 11 is 11.8. The van der Waals surface area contributed by atoms with E-state index in [1.165, 1.54) is 0 Å². The van der Waals surface area contributed by atoms with E-state index in [4.69, 9.17) is 28.3 Å². The van der Waals surface area contributed by atoms with Crippen LogP contribution >= 0.6 is 23.2 Å². The predicted molar refractivity (Wildman–Crippen MR) is 70.9 cm³/mol. The maximum Gasteiger partial charge on any atom is 0.210 e. The zero-order valence-corrected chi connectivity index (χ0v) is 11.6. The summed E-state index contributed by atoms with van der Waals surface area (Å²) in [7, 11) is -3.44. The summed E-state index contributed by atoms with van der Waals surface area (Å²) in [6, 6.07) is 5.12. The third-order valence-corrected chi connectivity index (χ3v) is 3.60. The average molecular weight is 297 g/mol. The van der Waals surface area contributed by atoms with Crippen molar-refractivity contribution >= 4 is 33.2 Å². The van der Waals surface area contributed by atoms with Gasteiger partial charge in [0.25, 0.3) is 0 Å². The summed E-state index contributed by atoms with van der Waals surface area (Å²) in [4.78, 5) is 0. The van der Waals surface area contributed by atoms with Crippen molar-refractivity contribution in [2.24, 2.45) is 5.14 Å². The minimum atomic E-state index is -3.44. The first-order chi connectivity index (χ1) is 7.79. The minimum Gasteiger partial charge on any atom is -0.309 e. The third kappa shape index (κ3) is 5.23. The Bertz CT molecular complexity index is 491. The van der Waals surface area contributed by atoms with Crippen LogP contribution in [0.25, 0.3) is 0 Å². The number of sulfonamides is 1. The largest absolute Gasteiger partial charge is 0.309 e. The van der Waals surface area contributed by atoms with Gasteiger partial charge in [-0.3, -0.25) is 0 Å². The normalized spacial score (nSPS) is 13.6. The Labute approximate surface area is 111 Å². The maximum absolute atomic E-state index is 10.8. The molecule has 0 aliphatic heterocycles. The predicted octanol–water partition coefficient (Wildman–Crippen LogP) is 1.93. The Balaban J connectivity index is 2.61.